The van der Waals surface area contributed by atoms with Crippen LogP contribution in [-0.2, 0) is 4.79 Å². The van der Waals surface area contributed by atoms with Gasteiger partial charge in [-0.3, -0.25) is 4.79 Å². The van der Waals surface area contributed by atoms with E-state index < -0.39 is 0 Å². The van der Waals surface area contributed by atoms with Crippen LogP contribution in [0.5, 0.6) is 5.75 Å². The summed E-state index contributed by atoms with van der Waals surface area (Å²) in [6, 6.07) is 7.20. The number of benzene rings is 1. The zero-order chi connectivity index (χ0) is 12.5. The normalized spacial score (nSPS) is 10.0. The minimum Gasteiger partial charge on any atom is -0.494 e. The molecule has 0 spiro atoms. The molecule has 0 bridgehead atoms. The highest BCUT2D eigenvalue weighted by Gasteiger charge is 2.00. The highest BCUT2D eigenvalue weighted by atomic mass is 35.5. The number of carbonyl (C=O) groups is 1. The van der Waals surface area contributed by atoms with Crippen LogP contribution in [0.25, 0.3) is 0 Å². The second-order valence-electron chi connectivity index (χ2n) is 3.76. The van der Waals surface area contributed by atoms with Crippen LogP contribution in [0.3, 0.4) is 0 Å². The maximum Gasteiger partial charge on any atom is 0.220 e. The summed E-state index contributed by atoms with van der Waals surface area (Å²) < 4.78 is 5.48. The van der Waals surface area contributed by atoms with E-state index in [4.69, 9.17) is 16.3 Å². The first-order chi connectivity index (χ1) is 8.22. The monoisotopic (exact) mass is 255 g/mol. The molecule has 3 nitrogen and oxygen atoms in total. The molecule has 0 aliphatic heterocycles. The van der Waals surface area contributed by atoms with E-state index in [0.29, 0.717) is 18.1 Å². The number of amides is 1. The SMILES string of the molecule is CCCNC(=O)CCCOc1ccc(Cl)cc1. The molecule has 0 fully saturated rings. The lowest BCUT2D eigenvalue weighted by Crippen LogP contribution is -2.24. The van der Waals surface area contributed by atoms with E-state index in [1.165, 1.54) is 0 Å². The molecule has 1 amide bonds. The molecule has 0 aliphatic rings. The van der Waals surface area contributed by atoms with E-state index in [0.717, 1.165) is 25.1 Å². The number of hydrogen-bond acceptors (Lipinski definition) is 2. The number of hydrogen-bond donors (Lipinski definition) is 1. The Balaban J connectivity index is 2.11. The summed E-state index contributed by atoms with van der Waals surface area (Å²) in [5.41, 5.74) is 0. The van der Waals surface area contributed by atoms with E-state index >= 15 is 0 Å². The Bertz CT molecular complexity index is 338. The lowest BCUT2D eigenvalue weighted by Gasteiger charge is -2.06. The largest absolute Gasteiger partial charge is 0.494 e. The Morgan fingerprint density at radius 1 is 1.35 bits per heavy atom. The fourth-order valence-corrected chi connectivity index (χ4v) is 1.43. The Hall–Kier alpha value is -1.22. The molecule has 0 atom stereocenters. The predicted molar refractivity (Wildman–Crippen MR) is 69.5 cm³/mol. The van der Waals surface area contributed by atoms with Gasteiger partial charge >= 0.3 is 0 Å². The quantitative estimate of drug-likeness (QED) is 0.761. The summed E-state index contributed by atoms with van der Waals surface area (Å²) in [4.78, 5) is 11.3. The third-order valence-corrected chi connectivity index (χ3v) is 2.45. The number of carbonyl (C=O) groups excluding carboxylic acids is 1. The van der Waals surface area contributed by atoms with Gasteiger partial charge in [0.2, 0.25) is 5.91 Å². The van der Waals surface area contributed by atoms with Gasteiger partial charge in [0, 0.05) is 18.0 Å². The van der Waals surface area contributed by atoms with Crippen molar-refractivity contribution < 1.29 is 9.53 Å². The van der Waals surface area contributed by atoms with Crippen LogP contribution < -0.4 is 10.1 Å². The summed E-state index contributed by atoms with van der Waals surface area (Å²) in [5, 5.41) is 3.52. The van der Waals surface area contributed by atoms with Crippen molar-refractivity contribution in [2.75, 3.05) is 13.2 Å². The summed E-state index contributed by atoms with van der Waals surface area (Å²) in [6.07, 6.45) is 2.19. The first-order valence-corrected chi connectivity index (χ1v) is 6.25. The van der Waals surface area contributed by atoms with E-state index in [-0.39, 0.29) is 5.91 Å². The fraction of sp³-hybridized carbons (Fsp3) is 0.462. The summed E-state index contributed by atoms with van der Waals surface area (Å²) >= 11 is 5.75. The number of nitrogens with one attached hydrogen (secondary N) is 1. The number of halogens is 1. The van der Waals surface area contributed by atoms with Crippen LogP contribution in [0.2, 0.25) is 5.02 Å². The molecule has 0 unspecified atom stereocenters. The van der Waals surface area contributed by atoms with Gasteiger partial charge in [-0.05, 0) is 37.1 Å². The van der Waals surface area contributed by atoms with Crippen LogP contribution in [0.1, 0.15) is 26.2 Å². The van der Waals surface area contributed by atoms with E-state index in [9.17, 15) is 4.79 Å². The van der Waals surface area contributed by atoms with Gasteiger partial charge in [-0.1, -0.05) is 18.5 Å². The number of ether oxygens (including phenoxy) is 1. The van der Waals surface area contributed by atoms with Gasteiger partial charge < -0.3 is 10.1 Å². The van der Waals surface area contributed by atoms with Gasteiger partial charge in [0.05, 0.1) is 6.61 Å². The highest BCUT2D eigenvalue weighted by molar-refractivity contribution is 6.30. The third kappa shape index (κ3) is 6.17. The maximum absolute atomic E-state index is 11.3. The topological polar surface area (TPSA) is 38.3 Å². The summed E-state index contributed by atoms with van der Waals surface area (Å²) in [6.45, 7) is 3.32. The van der Waals surface area contributed by atoms with Crippen LogP contribution in [-0.4, -0.2) is 19.1 Å². The van der Waals surface area contributed by atoms with Crippen molar-refractivity contribution in [1.29, 1.82) is 0 Å². The van der Waals surface area contributed by atoms with Gasteiger partial charge in [-0.25, -0.2) is 0 Å². The summed E-state index contributed by atoms with van der Waals surface area (Å²) in [5.74, 6) is 0.870. The minimum absolute atomic E-state index is 0.0894. The molecular weight excluding hydrogens is 238 g/mol. The van der Waals surface area contributed by atoms with Gasteiger partial charge in [-0.15, -0.1) is 0 Å². The third-order valence-electron chi connectivity index (χ3n) is 2.20. The molecule has 17 heavy (non-hydrogen) atoms. The van der Waals surface area contributed by atoms with Crippen molar-refractivity contribution in [3.8, 4) is 5.75 Å². The molecule has 4 heteroatoms. The van der Waals surface area contributed by atoms with Crippen LogP contribution in [0.15, 0.2) is 24.3 Å². The second-order valence-corrected chi connectivity index (χ2v) is 4.19. The van der Waals surface area contributed by atoms with Gasteiger partial charge in [0.15, 0.2) is 0 Å². The van der Waals surface area contributed by atoms with Gasteiger partial charge in [0.25, 0.3) is 0 Å². The zero-order valence-electron chi connectivity index (χ0n) is 10.0. The second kappa shape index (κ2) is 7.96. The maximum atomic E-state index is 11.3. The molecule has 1 aromatic rings. The molecular formula is C13H18ClNO2. The molecule has 0 saturated carbocycles. The molecule has 0 saturated heterocycles. The number of rotatable bonds is 7. The highest BCUT2D eigenvalue weighted by Crippen LogP contribution is 2.15. The van der Waals surface area contributed by atoms with Crippen LogP contribution >= 0.6 is 11.6 Å². The molecule has 0 aliphatic carbocycles. The van der Waals surface area contributed by atoms with Crippen molar-refractivity contribution in [2.45, 2.75) is 26.2 Å². The van der Waals surface area contributed by atoms with E-state index in [1.54, 1.807) is 12.1 Å². The smallest absolute Gasteiger partial charge is 0.220 e. The van der Waals surface area contributed by atoms with Crippen LogP contribution in [0, 0.1) is 0 Å². The molecule has 0 aromatic heterocycles. The predicted octanol–water partition coefficient (Wildman–Crippen LogP) is 3.03. The molecule has 1 N–H and O–H groups in total. The van der Waals surface area contributed by atoms with Crippen molar-refractivity contribution in [3.05, 3.63) is 29.3 Å². The molecule has 0 radical (unpaired) electrons. The van der Waals surface area contributed by atoms with Crippen molar-refractivity contribution in [3.63, 3.8) is 0 Å². The van der Waals surface area contributed by atoms with Crippen molar-refractivity contribution in [1.82, 2.24) is 5.32 Å². The average molecular weight is 256 g/mol. The van der Waals surface area contributed by atoms with E-state index in [2.05, 4.69) is 5.32 Å². The summed E-state index contributed by atoms with van der Waals surface area (Å²) in [7, 11) is 0. The molecule has 94 valence electrons. The average Bonchev–Trinajstić information content (AvgIpc) is 2.34. The lowest BCUT2D eigenvalue weighted by atomic mass is 10.3. The first-order valence-electron chi connectivity index (χ1n) is 5.87. The molecule has 1 rings (SSSR count). The first kappa shape index (κ1) is 13.8. The van der Waals surface area contributed by atoms with Crippen LogP contribution in [0.4, 0.5) is 0 Å². The Labute approximate surface area is 107 Å². The van der Waals surface area contributed by atoms with E-state index in [1.807, 2.05) is 19.1 Å². The van der Waals surface area contributed by atoms with Crippen molar-refractivity contribution in [2.24, 2.45) is 0 Å². The molecule has 1 aromatic carbocycles. The fourth-order valence-electron chi connectivity index (χ4n) is 1.31. The lowest BCUT2D eigenvalue weighted by molar-refractivity contribution is -0.121. The minimum atomic E-state index is 0.0894. The Morgan fingerprint density at radius 3 is 2.71 bits per heavy atom. The van der Waals surface area contributed by atoms with Crippen molar-refractivity contribution >= 4 is 17.5 Å². The standard InChI is InChI=1S/C13H18ClNO2/c1-2-9-15-13(16)4-3-10-17-12-7-5-11(14)6-8-12/h5-8H,2-4,9-10H2,1H3,(H,15,16). The molecule has 0 heterocycles. The Kier molecular flexibility index (Phi) is 6.48. The van der Waals surface area contributed by atoms with Gasteiger partial charge in [0.1, 0.15) is 5.75 Å². The Morgan fingerprint density at radius 2 is 2.06 bits per heavy atom. The zero-order valence-corrected chi connectivity index (χ0v) is 10.8. The van der Waals surface area contributed by atoms with Gasteiger partial charge in [-0.2, -0.15) is 0 Å².